The average molecular weight is 224 g/mol. The summed E-state index contributed by atoms with van der Waals surface area (Å²) in [6, 6.07) is 1.80. The second kappa shape index (κ2) is 4.63. The number of aliphatic hydroxyl groups is 1. The monoisotopic (exact) mass is 224 g/mol. The van der Waals surface area contributed by atoms with Crippen molar-refractivity contribution >= 4 is 0 Å². The maximum atomic E-state index is 9.99. The molecule has 1 aliphatic carbocycles. The van der Waals surface area contributed by atoms with Gasteiger partial charge in [0.25, 0.3) is 0 Å². The quantitative estimate of drug-likeness (QED) is 0.738. The fourth-order valence-corrected chi connectivity index (χ4v) is 3.86. The van der Waals surface area contributed by atoms with Crippen molar-refractivity contribution in [3.05, 3.63) is 0 Å². The van der Waals surface area contributed by atoms with Gasteiger partial charge in [0.2, 0.25) is 0 Å². The number of rotatable bonds is 2. The first-order valence-corrected chi connectivity index (χ1v) is 7.03. The number of fused-ring (bicyclic) bond motifs is 1. The molecule has 16 heavy (non-hydrogen) atoms. The van der Waals surface area contributed by atoms with Gasteiger partial charge in [-0.25, -0.2) is 0 Å². The molecule has 0 aromatic heterocycles. The predicted molar refractivity (Wildman–Crippen MR) is 64.4 cm³/mol. The molecule has 0 aromatic carbocycles. The van der Waals surface area contributed by atoms with Crippen molar-refractivity contribution in [1.82, 2.24) is 10.2 Å². The van der Waals surface area contributed by atoms with Crippen molar-refractivity contribution in [3.63, 3.8) is 0 Å². The van der Waals surface area contributed by atoms with E-state index in [9.17, 15) is 5.11 Å². The maximum absolute atomic E-state index is 9.99. The Balaban J connectivity index is 1.57. The van der Waals surface area contributed by atoms with Crippen LogP contribution in [0.1, 0.15) is 44.9 Å². The van der Waals surface area contributed by atoms with Crippen LogP contribution in [0.5, 0.6) is 0 Å². The lowest BCUT2D eigenvalue weighted by Gasteiger charge is -2.33. The summed E-state index contributed by atoms with van der Waals surface area (Å²) in [5.74, 6) is 0. The second-order valence-electron chi connectivity index (χ2n) is 5.77. The minimum Gasteiger partial charge on any atom is -0.392 e. The first-order chi connectivity index (χ1) is 7.84. The van der Waals surface area contributed by atoms with Gasteiger partial charge in [0, 0.05) is 24.7 Å². The molecule has 2 N–H and O–H groups in total. The van der Waals surface area contributed by atoms with E-state index in [1.54, 1.807) is 0 Å². The highest BCUT2D eigenvalue weighted by atomic mass is 16.3. The van der Waals surface area contributed by atoms with Gasteiger partial charge >= 0.3 is 0 Å². The third-order valence-corrected chi connectivity index (χ3v) is 4.76. The molecule has 0 amide bonds. The van der Waals surface area contributed by atoms with Crippen molar-refractivity contribution in [1.29, 1.82) is 0 Å². The molecular weight excluding hydrogens is 200 g/mol. The normalized spacial score (nSPS) is 44.8. The van der Waals surface area contributed by atoms with Crippen LogP contribution in [0.2, 0.25) is 0 Å². The Kier molecular flexibility index (Phi) is 3.18. The molecule has 3 rings (SSSR count). The largest absolute Gasteiger partial charge is 0.392 e. The molecule has 4 atom stereocenters. The van der Waals surface area contributed by atoms with Gasteiger partial charge < -0.3 is 10.4 Å². The zero-order chi connectivity index (χ0) is 11.0. The standard InChI is InChI=1S/C13H24N2O/c16-13-6-2-1-4-11(13)14-10-7-9-15-8-3-5-12(10)15/h10-14,16H,1-9H2. The smallest absolute Gasteiger partial charge is 0.0693 e. The summed E-state index contributed by atoms with van der Waals surface area (Å²) in [6.45, 7) is 2.57. The van der Waals surface area contributed by atoms with Gasteiger partial charge in [0.15, 0.2) is 0 Å². The average Bonchev–Trinajstić information content (AvgIpc) is 2.86. The van der Waals surface area contributed by atoms with Crippen molar-refractivity contribution in [2.75, 3.05) is 13.1 Å². The number of nitrogens with zero attached hydrogens (tertiary/aromatic N) is 1. The Morgan fingerprint density at radius 3 is 2.62 bits per heavy atom. The molecule has 2 saturated heterocycles. The van der Waals surface area contributed by atoms with Crippen molar-refractivity contribution in [3.8, 4) is 0 Å². The highest BCUT2D eigenvalue weighted by Gasteiger charge is 2.38. The van der Waals surface area contributed by atoms with Crippen molar-refractivity contribution < 1.29 is 5.11 Å². The summed E-state index contributed by atoms with van der Waals surface area (Å²) in [7, 11) is 0. The van der Waals surface area contributed by atoms with Crippen LogP contribution in [-0.4, -0.2) is 47.3 Å². The Bertz CT molecular complexity index is 246. The summed E-state index contributed by atoms with van der Waals surface area (Å²) < 4.78 is 0. The van der Waals surface area contributed by atoms with Gasteiger partial charge in [-0.2, -0.15) is 0 Å². The highest BCUT2D eigenvalue weighted by Crippen LogP contribution is 2.29. The zero-order valence-corrected chi connectivity index (χ0v) is 10.1. The third-order valence-electron chi connectivity index (χ3n) is 4.76. The maximum Gasteiger partial charge on any atom is 0.0693 e. The lowest BCUT2D eigenvalue weighted by atomic mass is 9.91. The summed E-state index contributed by atoms with van der Waals surface area (Å²) in [5, 5.41) is 13.7. The topological polar surface area (TPSA) is 35.5 Å². The summed E-state index contributed by atoms with van der Waals surface area (Å²) >= 11 is 0. The van der Waals surface area contributed by atoms with Crippen LogP contribution >= 0.6 is 0 Å². The zero-order valence-electron chi connectivity index (χ0n) is 10.1. The summed E-state index contributed by atoms with van der Waals surface area (Å²) in [5.41, 5.74) is 0. The molecule has 3 nitrogen and oxygen atoms in total. The third kappa shape index (κ3) is 2.01. The second-order valence-corrected chi connectivity index (χ2v) is 5.77. The lowest BCUT2D eigenvalue weighted by molar-refractivity contribution is 0.0823. The van der Waals surface area contributed by atoms with Gasteiger partial charge in [-0.05, 0) is 38.6 Å². The SMILES string of the molecule is OC1CCCCC1NC1CCN2CCCC12. The molecule has 3 aliphatic rings. The van der Waals surface area contributed by atoms with Crippen molar-refractivity contribution in [2.24, 2.45) is 0 Å². The molecule has 4 unspecified atom stereocenters. The van der Waals surface area contributed by atoms with Crippen LogP contribution in [0.4, 0.5) is 0 Å². The number of hydrogen-bond donors (Lipinski definition) is 2. The van der Waals surface area contributed by atoms with E-state index in [2.05, 4.69) is 10.2 Å². The molecular formula is C13H24N2O. The van der Waals surface area contributed by atoms with Gasteiger partial charge in [-0.1, -0.05) is 12.8 Å². The van der Waals surface area contributed by atoms with E-state index in [1.807, 2.05) is 0 Å². The first kappa shape index (κ1) is 11.0. The molecule has 1 saturated carbocycles. The van der Waals surface area contributed by atoms with E-state index in [0.717, 1.165) is 12.5 Å². The summed E-state index contributed by atoms with van der Waals surface area (Å²) in [4.78, 5) is 2.63. The molecule has 2 heterocycles. The predicted octanol–water partition coefficient (Wildman–Crippen LogP) is 1.12. The molecule has 0 spiro atoms. The van der Waals surface area contributed by atoms with Crippen LogP contribution in [0.15, 0.2) is 0 Å². The van der Waals surface area contributed by atoms with Crippen molar-refractivity contribution in [2.45, 2.75) is 69.2 Å². The van der Waals surface area contributed by atoms with Crippen LogP contribution in [0, 0.1) is 0 Å². The Morgan fingerprint density at radius 1 is 0.875 bits per heavy atom. The molecule has 0 radical (unpaired) electrons. The fourth-order valence-electron chi connectivity index (χ4n) is 3.86. The molecule has 92 valence electrons. The molecule has 3 heteroatoms. The van der Waals surface area contributed by atoms with E-state index < -0.39 is 0 Å². The molecule has 2 aliphatic heterocycles. The van der Waals surface area contributed by atoms with Gasteiger partial charge in [0.1, 0.15) is 0 Å². The van der Waals surface area contributed by atoms with Gasteiger partial charge in [-0.3, -0.25) is 4.90 Å². The van der Waals surface area contributed by atoms with Gasteiger partial charge in [0.05, 0.1) is 6.10 Å². The highest BCUT2D eigenvalue weighted by molar-refractivity contribution is 4.98. The fraction of sp³-hybridized carbons (Fsp3) is 1.00. The van der Waals surface area contributed by atoms with E-state index in [0.29, 0.717) is 12.1 Å². The van der Waals surface area contributed by atoms with Gasteiger partial charge in [-0.15, -0.1) is 0 Å². The summed E-state index contributed by atoms with van der Waals surface area (Å²) in [6.07, 6.45) is 8.59. The van der Waals surface area contributed by atoms with E-state index >= 15 is 0 Å². The van der Waals surface area contributed by atoms with Crippen LogP contribution in [0.25, 0.3) is 0 Å². The molecule has 0 bridgehead atoms. The molecule has 0 aromatic rings. The van der Waals surface area contributed by atoms with E-state index in [1.165, 1.54) is 51.6 Å². The Morgan fingerprint density at radius 2 is 1.75 bits per heavy atom. The molecule has 3 fully saturated rings. The van der Waals surface area contributed by atoms with Crippen LogP contribution in [0.3, 0.4) is 0 Å². The minimum absolute atomic E-state index is 0.0933. The van der Waals surface area contributed by atoms with E-state index in [4.69, 9.17) is 0 Å². The number of aliphatic hydroxyl groups excluding tert-OH is 1. The lowest BCUT2D eigenvalue weighted by Crippen LogP contribution is -2.50. The minimum atomic E-state index is -0.0933. The number of hydrogen-bond acceptors (Lipinski definition) is 3. The van der Waals surface area contributed by atoms with Crippen LogP contribution < -0.4 is 5.32 Å². The Labute approximate surface area is 98.2 Å². The first-order valence-electron chi connectivity index (χ1n) is 7.03. The van der Waals surface area contributed by atoms with Crippen LogP contribution in [-0.2, 0) is 0 Å². The Hall–Kier alpha value is -0.120. The number of nitrogens with one attached hydrogen (secondary N) is 1. The van der Waals surface area contributed by atoms with E-state index in [-0.39, 0.29) is 6.10 Å².